The van der Waals surface area contributed by atoms with Crippen LogP contribution in [0.15, 0.2) is 0 Å². The SMILES string of the molecule is CCCCCCC(OC(C(O)CO)C1CCCCC1)C(O)CO. The molecule has 5 nitrogen and oxygen atoms in total. The van der Waals surface area contributed by atoms with Gasteiger partial charge in [-0.25, -0.2) is 0 Å². The molecule has 0 heterocycles. The molecule has 23 heavy (non-hydrogen) atoms. The smallest absolute Gasteiger partial charge is 0.103 e. The molecule has 1 fully saturated rings. The second kappa shape index (κ2) is 12.2. The highest BCUT2D eigenvalue weighted by atomic mass is 16.5. The van der Waals surface area contributed by atoms with E-state index in [0.29, 0.717) is 6.42 Å². The average Bonchev–Trinajstić information content (AvgIpc) is 2.60. The van der Waals surface area contributed by atoms with Gasteiger partial charge in [0.2, 0.25) is 0 Å². The summed E-state index contributed by atoms with van der Waals surface area (Å²) in [5, 5.41) is 38.9. The standard InChI is InChI=1S/C18H36O5/c1-2-3-4-8-11-17(15(21)12-19)23-18(16(22)13-20)14-9-6-5-7-10-14/h14-22H,2-13H2,1H3. The van der Waals surface area contributed by atoms with Gasteiger partial charge in [-0.15, -0.1) is 0 Å². The third-order valence-electron chi connectivity index (χ3n) is 4.97. The zero-order chi connectivity index (χ0) is 17.1. The van der Waals surface area contributed by atoms with Crippen molar-refractivity contribution in [3.8, 4) is 0 Å². The Kier molecular flexibility index (Phi) is 11.1. The molecule has 1 saturated carbocycles. The summed E-state index contributed by atoms with van der Waals surface area (Å²) < 4.78 is 6.06. The van der Waals surface area contributed by atoms with Crippen molar-refractivity contribution >= 4 is 0 Å². The normalized spacial score (nSPS) is 21.8. The fraction of sp³-hybridized carbons (Fsp3) is 1.00. The molecule has 0 radical (unpaired) electrons. The molecule has 0 amide bonds. The molecule has 1 aliphatic carbocycles. The Morgan fingerprint density at radius 2 is 1.57 bits per heavy atom. The number of hydrogen-bond acceptors (Lipinski definition) is 5. The highest BCUT2D eigenvalue weighted by Gasteiger charge is 2.33. The Balaban J connectivity index is 2.64. The van der Waals surface area contributed by atoms with Crippen molar-refractivity contribution in [3.63, 3.8) is 0 Å². The lowest BCUT2D eigenvalue weighted by Gasteiger charge is -2.36. The van der Waals surface area contributed by atoms with E-state index in [9.17, 15) is 20.4 Å². The summed E-state index contributed by atoms with van der Waals surface area (Å²) in [6, 6.07) is 0. The summed E-state index contributed by atoms with van der Waals surface area (Å²) in [5.41, 5.74) is 0. The first kappa shape index (κ1) is 20.8. The van der Waals surface area contributed by atoms with Gasteiger partial charge in [0, 0.05) is 0 Å². The number of ether oxygens (including phenoxy) is 1. The first-order chi connectivity index (χ1) is 11.1. The molecule has 5 heteroatoms. The molecule has 1 rings (SSSR count). The predicted molar refractivity (Wildman–Crippen MR) is 90.2 cm³/mol. The Bertz CT molecular complexity index is 281. The lowest BCUT2D eigenvalue weighted by molar-refractivity contribution is -0.156. The maximum Gasteiger partial charge on any atom is 0.103 e. The van der Waals surface area contributed by atoms with Crippen molar-refractivity contribution in [1.29, 1.82) is 0 Å². The van der Waals surface area contributed by atoms with E-state index in [1.807, 2.05) is 0 Å². The Morgan fingerprint density at radius 3 is 2.13 bits per heavy atom. The summed E-state index contributed by atoms with van der Waals surface area (Å²) in [4.78, 5) is 0. The molecule has 0 aliphatic heterocycles. The Labute approximate surface area is 140 Å². The third kappa shape index (κ3) is 7.48. The van der Waals surface area contributed by atoms with E-state index in [2.05, 4.69) is 6.92 Å². The minimum atomic E-state index is -0.936. The minimum Gasteiger partial charge on any atom is -0.394 e. The van der Waals surface area contributed by atoms with Crippen LogP contribution in [0.25, 0.3) is 0 Å². The molecule has 0 spiro atoms. The monoisotopic (exact) mass is 332 g/mol. The fourth-order valence-electron chi connectivity index (χ4n) is 3.53. The van der Waals surface area contributed by atoms with Crippen molar-refractivity contribution in [2.45, 2.75) is 95.5 Å². The minimum absolute atomic E-state index is 0.218. The summed E-state index contributed by atoms with van der Waals surface area (Å²) in [6.07, 6.45) is 7.57. The van der Waals surface area contributed by atoms with Crippen molar-refractivity contribution in [2.24, 2.45) is 5.92 Å². The Hall–Kier alpha value is -0.200. The quantitative estimate of drug-likeness (QED) is 0.410. The number of aliphatic hydroxyl groups excluding tert-OH is 4. The van der Waals surface area contributed by atoms with Gasteiger partial charge in [-0.05, 0) is 25.2 Å². The van der Waals surface area contributed by atoms with Gasteiger partial charge in [-0.3, -0.25) is 0 Å². The molecule has 4 atom stereocenters. The van der Waals surface area contributed by atoms with Crippen LogP contribution in [-0.4, -0.2) is 58.1 Å². The van der Waals surface area contributed by atoms with Gasteiger partial charge in [0.1, 0.15) is 12.2 Å². The van der Waals surface area contributed by atoms with Crippen LogP contribution in [0.3, 0.4) is 0 Å². The molecular weight excluding hydrogens is 296 g/mol. The summed E-state index contributed by atoms with van der Waals surface area (Å²) in [5.74, 6) is 0.218. The van der Waals surface area contributed by atoms with E-state index in [1.165, 1.54) is 6.42 Å². The van der Waals surface area contributed by atoms with Gasteiger partial charge in [0.25, 0.3) is 0 Å². The molecule has 0 aromatic rings. The number of rotatable bonds is 12. The molecule has 0 aromatic carbocycles. The van der Waals surface area contributed by atoms with Gasteiger partial charge in [0.15, 0.2) is 0 Å². The van der Waals surface area contributed by atoms with Crippen molar-refractivity contribution < 1.29 is 25.2 Å². The van der Waals surface area contributed by atoms with Crippen LogP contribution in [0.4, 0.5) is 0 Å². The largest absolute Gasteiger partial charge is 0.394 e. The zero-order valence-electron chi connectivity index (χ0n) is 14.6. The van der Waals surface area contributed by atoms with Gasteiger partial charge < -0.3 is 25.2 Å². The highest BCUT2D eigenvalue weighted by Crippen LogP contribution is 2.31. The summed E-state index contributed by atoms with van der Waals surface area (Å²) in [7, 11) is 0. The van der Waals surface area contributed by atoms with Crippen LogP contribution in [0.5, 0.6) is 0 Å². The van der Waals surface area contributed by atoms with Crippen molar-refractivity contribution in [2.75, 3.05) is 13.2 Å². The van der Waals surface area contributed by atoms with Crippen molar-refractivity contribution in [3.05, 3.63) is 0 Å². The molecule has 0 aromatic heterocycles. The molecule has 1 aliphatic rings. The van der Waals surface area contributed by atoms with Gasteiger partial charge >= 0.3 is 0 Å². The average molecular weight is 332 g/mol. The van der Waals surface area contributed by atoms with Crippen LogP contribution in [-0.2, 0) is 4.74 Å². The van der Waals surface area contributed by atoms with Gasteiger partial charge in [0.05, 0.1) is 25.4 Å². The van der Waals surface area contributed by atoms with Crippen LogP contribution < -0.4 is 0 Å². The Morgan fingerprint density at radius 1 is 0.913 bits per heavy atom. The van der Waals surface area contributed by atoms with Crippen LogP contribution >= 0.6 is 0 Å². The van der Waals surface area contributed by atoms with Gasteiger partial charge in [-0.1, -0.05) is 51.9 Å². The molecule has 4 N–H and O–H groups in total. The number of hydrogen-bond donors (Lipinski definition) is 4. The topological polar surface area (TPSA) is 90.2 Å². The van der Waals surface area contributed by atoms with Crippen molar-refractivity contribution in [1.82, 2.24) is 0 Å². The van der Waals surface area contributed by atoms with E-state index >= 15 is 0 Å². The van der Waals surface area contributed by atoms with E-state index < -0.39 is 24.4 Å². The van der Waals surface area contributed by atoms with E-state index in [1.54, 1.807) is 0 Å². The second-order valence-corrected chi connectivity index (χ2v) is 6.89. The fourth-order valence-corrected chi connectivity index (χ4v) is 3.53. The molecule has 0 saturated heterocycles. The number of aliphatic hydroxyl groups is 4. The van der Waals surface area contributed by atoms with Crippen LogP contribution in [0, 0.1) is 5.92 Å². The van der Waals surface area contributed by atoms with Crippen LogP contribution in [0.1, 0.15) is 71.1 Å². The lowest BCUT2D eigenvalue weighted by Crippen LogP contribution is -2.45. The maximum absolute atomic E-state index is 10.2. The summed E-state index contributed by atoms with van der Waals surface area (Å²) >= 11 is 0. The second-order valence-electron chi connectivity index (χ2n) is 6.89. The summed E-state index contributed by atoms with van der Waals surface area (Å²) in [6.45, 7) is 1.47. The van der Waals surface area contributed by atoms with Gasteiger partial charge in [-0.2, -0.15) is 0 Å². The number of unbranched alkanes of at least 4 members (excludes halogenated alkanes) is 3. The molecule has 0 bridgehead atoms. The zero-order valence-corrected chi connectivity index (χ0v) is 14.6. The first-order valence-electron chi connectivity index (χ1n) is 9.37. The van der Waals surface area contributed by atoms with Crippen LogP contribution in [0.2, 0.25) is 0 Å². The third-order valence-corrected chi connectivity index (χ3v) is 4.97. The maximum atomic E-state index is 10.2. The molecule has 138 valence electrons. The van der Waals surface area contributed by atoms with E-state index in [-0.39, 0.29) is 19.1 Å². The molecule has 4 unspecified atom stereocenters. The highest BCUT2D eigenvalue weighted by molar-refractivity contribution is 4.82. The predicted octanol–water partition coefficient (Wildman–Crippen LogP) is 2.00. The van der Waals surface area contributed by atoms with E-state index in [0.717, 1.165) is 51.4 Å². The molecular formula is C18H36O5. The lowest BCUT2D eigenvalue weighted by atomic mass is 9.83. The first-order valence-corrected chi connectivity index (χ1v) is 9.37. The van der Waals surface area contributed by atoms with E-state index in [4.69, 9.17) is 4.74 Å².